The molecule has 0 spiro atoms. The fourth-order valence-electron chi connectivity index (χ4n) is 1.84. The number of hydrogen-bond donors (Lipinski definition) is 1. The summed E-state index contributed by atoms with van der Waals surface area (Å²) < 4.78 is 20.8. The minimum atomic E-state index is -0.325. The second-order valence-corrected chi connectivity index (χ2v) is 4.07. The van der Waals surface area contributed by atoms with Gasteiger partial charge in [-0.25, -0.2) is 4.39 Å². The molecule has 0 aliphatic heterocycles. The van der Waals surface area contributed by atoms with Crippen LogP contribution >= 0.6 is 0 Å². The third kappa shape index (κ3) is 3.08. The second kappa shape index (κ2) is 6.29. The third-order valence-corrected chi connectivity index (χ3v) is 2.90. The molecule has 0 aliphatic carbocycles. The van der Waals surface area contributed by atoms with E-state index in [-0.39, 0.29) is 11.6 Å². The molecule has 0 atom stereocenters. The zero-order chi connectivity index (χ0) is 13.7. The van der Waals surface area contributed by atoms with Crippen molar-refractivity contribution >= 4 is 0 Å². The molecule has 0 saturated heterocycles. The van der Waals surface area contributed by atoms with E-state index < -0.39 is 0 Å². The van der Waals surface area contributed by atoms with Crippen LogP contribution < -0.4 is 10.1 Å². The van der Waals surface area contributed by atoms with Crippen LogP contribution in [0.25, 0.3) is 0 Å². The van der Waals surface area contributed by atoms with Gasteiger partial charge in [0, 0.05) is 18.7 Å². The molecule has 6 heteroatoms. The molecule has 1 N–H and O–H groups in total. The number of aryl methyl sites for hydroxylation is 1. The maximum Gasteiger partial charge on any atom is 0.169 e. The number of hydrogen-bond acceptors (Lipinski definition) is 4. The monoisotopic (exact) mass is 264 g/mol. The Kier molecular flexibility index (Phi) is 4.46. The van der Waals surface area contributed by atoms with Gasteiger partial charge in [-0.2, -0.15) is 0 Å². The Morgan fingerprint density at radius 2 is 2.21 bits per heavy atom. The second-order valence-electron chi connectivity index (χ2n) is 4.07. The van der Waals surface area contributed by atoms with Crippen molar-refractivity contribution in [3.63, 3.8) is 0 Å². The van der Waals surface area contributed by atoms with Gasteiger partial charge in [0.05, 0.1) is 13.7 Å². The Morgan fingerprint density at radius 3 is 2.95 bits per heavy atom. The summed E-state index contributed by atoms with van der Waals surface area (Å²) in [6.07, 6.45) is 1.68. The summed E-state index contributed by atoms with van der Waals surface area (Å²) in [6, 6.07) is 5.11. The zero-order valence-corrected chi connectivity index (χ0v) is 11.1. The van der Waals surface area contributed by atoms with Crippen LogP contribution in [0.3, 0.4) is 0 Å². The summed E-state index contributed by atoms with van der Waals surface area (Å²) in [5, 5.41) is 11.0. The topological polar surface area (TPSA) is 52.0 Å². The number of nitrogens with one attached hydrogen (secondary N) is 1. The Balaban J connectivity index is 1.96. The maximum atomic E-state index is 13.9. The van der Waals surface area contributed by atoms with Gasteiger partial charge in [0.1, 0.15) is 12.2 Å². The van der Waals surface area contributed by atoms with E-state index in [0.29, 0.717) is 18.7 Å². The lowest BCUT2D eigenvalue weighted by Gasteiger charge is -2.09. The number of halogens is 1. The predicted molar refractivity (Wildman–Crippen MR) is 69.2 cm³/mol. The van der Waals surface area contributed by atoms with E-state index in [1.165, 1.54) is 7.11 Å². The molecule has 1 aromatic heterocycles. The van der Waals surface area contributed by atoms with E-state index >= 15 is 0 Å². The summed E-state index contributed by atoms with van der Waals surface area (Å²) in [7, 11) is 1.46. The van der Waals surface area contributed by atoms with Gasteiger partial charge in [-0.15, -0.1) is 10.2 Å². The normalized spacial score (nSPS) is 10.7. The first kappa shape index (κ1) is 13.5. The highest BCUT2D eigenvalue weighted by molar-refractivity contribution is 5.30. The molecule has 0 bridgehead atoms. The van der Waals surface area contributed by atoms with Crippen molar-refractivity contribution in [3.05, 3.63) is 41.7 Å². The number of rotatable bonds is 6. The summed E-state index contributed by atoms with van der Waals surface area (Å²) in [4.78, 5) is 0. The maximum absolute atomic E-state index is 13.9. The van der Waals surface area contributed by atoms with E-state index in [4.69, 9.17) is 4.74 Å². The minimum Gasteiger partial charge on any atom is -0.494 e. The molecule has 0 aliphatic rings. The highest BCUT2D eigenvalue weighted by Crippen LogP contribution is 2.19. The molecular weight excluding hydrogens is 247 g/mol. The molecule has 1 heterocycles. The number of methoxy groups -OCH3 is 1. The van der Waals surface area contributed by atoms with Crippen molar-refractivity contribution in [1.82, 2.24) is 20.1 Å². The van der Waals surface area contributed by atoms with Gasteiger partial charge < -0.3 is 14.6 Å². The molecule has 0 fully saturated rings. The van der Waals surface area contributed by atoms with Crippen LogP contribution in [0.4, 0.5) is 4.39 Å². The summed E-state index contributed by atoms with van der Waals surface area (Å²) >= 11 is 0. The van der Waals surface area contributed by atoms with Crippen LogP contribution in [0, 0.1) is 5.82 Å². The Hall–Kier alpha value is -1.95. The van der Waals surface area contributed by atoms with Gasteiger partial charge >= 0.3 is 0 Å². The van der Waals surface area contributed by atoms with Gasteiger partial charge in [0.15, 0.2) is 11.6 Å². The zero-order valence-electron chi connectivity index (χ0n) is 11.1. The minimum absolute atomic E-state index is 0.260. The van der Waals surface area contributed by atoms with Gasteiger partial charge in [-0.3, -0.25) is 0 Å². The molecule has 19 heavy (non-hydrogen) atoms. The van der Waals surface area contributed by atoms with Gasteiger partial charge in [-0.1, -0.05) is 12.1 Å². The van der Waals surface area contributed by atoms with E-state index in [0.717, 1.165) is 12.4 Å². The molecule has 0 unspecified atom stereocenters. The lowest BCUT2D eigenvalue weighted by molar-refractivity contribution is 0.383. The SMILES string of the molecule is CCn1cnnc1CNCc1cccc(OC)c1F. The van der Waals surface area contributed by atoms with Crippen molar-refractivity contribution in [2.24, 2.45) is 0 Å². The lowest BCUT2D eigenvalue weighted by Crippen LogP contribution is -2.17. The van der Waals surface area contributed by atoms with Gasteiger partial charge in [-0.05, 0) is 13.0 Å². The molecule has 5 nitrogen and oxygen atoms in total. The van der Waals surface area contributed by atoms with Crippen LogP contribution in [0.2, 0.25) is 0 Å². The van der Waals surface area contributed by atoms with Crippen molar-refractivity contribution in [1.29, 1.82) is 0 Å². The average Bonchev–Trinajstić information content (AvgIpc) is 2.88. The van der Waals surface area contributed by atoms with Crippen LogP contribution in [0.15, 0.2) is 24.5 Å². The fourth-order valence-corrected chi connectivity index (χ4v) is 1.84. The first-order valence-electron chi connectivity index (χ1n) is 6.15. The van der Waals surface area contributed by atoms with Crippen molar-refractivity contribution < 1.29 is 9.13 Å². The number of ether oxygens (including phenoxy) is 1. The molecule has 0 radical (unpaired) electrons. The first-order valence-corrected chi connectivity index (χ1v) is 6.15. The van der Waals surface area contributed by atoms with E-state index in [2.05, 4.69) is 15.5 Å². The van der Waals surface area contributed by atoms with E-state index in [1.54, 1.807) is 24.5 Å². The molecule has 0 saturated carbocycles. The van der Waals surface area contributed by atoms with Crippen LogP contribution in [0.1, 0.15) is 18.3 Å². The number of nitrogens with zero attached hydrogens (tertiary/aromatic N) is 3. The lowest BCUT2D eigenvalue weighted by atomic mass is 10.2. The number of aromatic nitrogens is 3. The van der Waals surface area contributed by atoms with Crippen molar-refractivity contribution in [2.45, 2.75) is 26.6 Å². The number of benzene rings is 1. The van der Waals surface area contributed by atoms with Crippen molar-refractivity contribution in [2.75, 3.05) is 7.11 Å². The average molecular weight is 264 g/mol. The van der Waals surface area contributed by atoms with Crippen LogP contribution in [-0.2, 0) is 19.6 Å². The first-order chi connectivity index (χ1) is 9.26. The molecule has 102 valence electrons. The third-order valence-electron chi connectivity index (χ3n) is 2.90. The Labute approximate surface area is 111 Å². The van der Waals surface area contributed by atoms with Crippen LogP contribution in [-0.4, -0.2) is 21.9 Å². The van der Waals surface area contributed by atoms with Crippen LogP contribution in [0.5, 0.6) is 5.75 Å². The fraction of sp³-hybridized carbons (Fsp3) is 0.385. The summed E-state index contributed by atoms with van der Waals surface area (Å²) in [5.74, 6) is 0.774. The predicted octanol–water partition coefficient (Wildman–Crippen LogP) is 1.74. The Morgan fingerprint density at radius 1 is 1.37 bits per heavy atom. The molecular formula is C13H17FN4O. The quantitative estimate of drug-likeness (QED) is 0.863. The summed E-state index contributed by atoms with van der Waals surface area (Å²) in [5.41, 5.74) is 0.571. The van der Waals surface area contributed by atoms with Crippen molar-refractivity contribution in [3.8, 4) is 5.75 Å². The Bertz CT molecular complexity index is 541. The molecule has 2 aromatic rings. The highest BCUT2D eigenvalue weighted by Gasteiger charge is 2.08. The molecule has 2 rings (SSSR count). The van der Waals surface area contributed by atoms with E-state index in [1.807, 2.05) is 11.5 Å². The summed E-state index contributed by atoms with van der Waals surface area (Å²) in [6.45, 7) is 3.80. The molecule has 0 amide bonds. The largest absolute Gasteiger partial charge is 0.494 e. The molecule has 1 aromatic carbocycles. The van der Waals surface area contributed by atoms with Gasteiger partial charge in [0.2, 0.25) is 0 Å². The highest BCUT2D eigenvalue weighted by atomic mass is 19.1. The van der Waals surface area contributed by atoms with Gasteiger partial charge in [0.25, 0.3) is 0 Å². The standard InChI is InChI=1S/C13H17FN4O/c1-3-18-9-16-17-12(18)8-15-7-10-5-4-6-11(19-2)13(10)14/h4-6,9,15H,3,7-8H2,1-2H3. The smallest absolute Gasteiger partial charge is 0.169 e. The van der Waals surface area contributed by atoms with E-state index in [9.17, 15) is 4.39 Å².